The van der Waals surface area contributed by atoms with Gasteiger partial charge in [-0.1, -0.05) is 6.07 Å². The van der Waals surface area contributed by atoms with Gasteiger partial charge in [-0.25, -0.2) is 4.98 Å². The highest BCUT2D eigenvalue weighted by Crippen LogP contribution is 2.18. The molecule has 0 saturated carbocycles. The Balaban J connectivity index is 0.00000300. The van der Waals surface area contributed by atoms with Crippen LogP contribution in [-0.2, 0) is 22.6 Å². The number of nitrogens with zero attached hydrogens (tertiary/aromatic N) is 3. The molecule has 0 spiro atoms. The average Bonchev–Trinajstić information content (AvgIpc) is 3.27. The zero-order valence-electron chi connectivity index (χ0n) is 16.8. The third-order valence-electron chi connectivity index (χ3n) is 4.43. The second-order valence-electron chi connectivity index (χ2n) is 6.42. The predicted molar refractivity (Wildman–Crippen MR) is 124 cm³/mol. The molecule has 9 heteroatoms. The first kappa shape index (κ1) is 23.4. The highest BCUT2D eigenvalue weighted by Gasteiger charge is 2.15. The van der Waals surface area contributed by atoms with Crippen LogP contribution in [0.3, 0.4) is 0 Å². The van der Waals surface area contributed by atoms with E-state index >= 15 is 0 Å². The van der Waals surface area contributed by atoms with Gasteiger partial charge in [0.2, 0.25) is 0 Å². The van der Waals surface area contributed by atoms with Crippen LogP contribution in [0.4, 0.5) is 5.82 Å². The van der Waals surface area contributed by atoms with Crippen LogP contribution in [0, 0.1) is 0 Å². The molecule has 0 radical (unpaired) electrons. The summed E-state index contributed by atoms with van der Waals surface area (Å²) < 4.78 is 16.3. The first-order chi connectivity index (χ1) is 13.9. The standard InChI is InChI=1S/C20H29N5O3.HI/c1-21-20(23-8-4-11-27-16-18-6-3-12-28-18)24-15-17-5-2-7-22-19(17)25-9-13-26-14-10-25;/h2-3,5-7,12H,4,8-11,13-16H2,1H3,(H2,21,23,24);1H. The van der Waals surface area contributed by atoms with Gasteiger partial charge in [0.15, 0.2) is 5.96 Å². The van der Waals surface area contributed by atoms with Crippen molar-refractivity contribution >= 4 is 35.8 Å². The number of guanidine groups is 1. The quantitative estimate of drug-likeness (QED) is 0.230. The lowest BCUT2D eigenvalue weighted by atomic mass is 10.2. The molecule has 0 unspecified atom stereocenters. The van der Waals surface area contributed by atoms with E-state index in [1.165, 1.54) is 0 Å². The van der Waals surface area contributed by atoms with Crippen molar-refractivity contribution in [1.82, 2.24) is 15.6 Å². The molecule has 3 heterocycles. The lowest BCUT2D eigenvalue weighted by Gasteiger charge is -2.29. The van der Waals surface area contributed by atoms with Gasteiger partial charge in [-0.2, -0.15) is 0 Å². The number of ether oxygens (including phenoxy) is 2. The number of morpholine rings is 1. The maximum Gasteiger partial charge on any atom is 0.191 e. The molecular formula is C20H30IN5O3. The smallest absolute Gasteiger partial charge is 0.191 e. The first-order valence-corrected chi connectivity index (χ1v) is 9.68. The Bertz CT molecular complexity index is 721. The highest BCUT2D eigenvalue weighted by atomic mass is 127. The van der Waals surface area contributed by atoms with Crippen molar-refractivity contribution in [1.29, 1.82) is 0 Å². The summed E-state index contributed by atoms with van der Waals surface area (Å²) in [6, 6.07) is 7.84. The summed E-state index contributed by atoms with van der Waals surface area (Å²) in [5.74, 6) is 2.63. The Kier molecular flexibility index (Phi) is 10.8. The molecule has 1 fully saturated rings. The summed E-state index contributed by atoms with van der Waals surface area (Å²) in [5.41, 5.74) is 1.15. The van der Waals surface area contributed by atoms with Crippen molar-refractivity contribution in [2.24, 2.45) is 4.99 Å². The third-order valence-corrected chi connectivity index (χ3v) is 4.43. The molecule has 2 N–H and O–H groups in total. The Morgan fingerprint density at radius 3 is 2.86 bits per heavy atom. The van der Waals surface area contributed by atoms with Gasteiger partial charge in [-0.05, 0) is 24.6 Å². The normalized spacial score (nSPS) is 14.4. The molecule has 1 saturated heterocycles. The predicted octanol–water partition coefficient (Wildman–Crippen LogP) is 2.40. The number of aliphatic imine (C=N–C) groups is 1. The van der Waals surface area contributed by atoms with Crippen LogP contribution in [0.5, 0.6) is 0 Å². The molecule has 3 rings (SSSR count). The van der Waals surface area contributed by atoms with Gasteiger partial charge < -0.3 is 29.4 Å². The third kappa shape index (κ3) is 7.82. The van der Waals surface area contributed by atoms with E-state index in [-0.39, 0.29) is 24.0 Å². The molecule has 0 atom stereocenters. The van der Waals surface area contributed by atoms with E-state index in [9.17, 15) is 0 Å². The number of rotatable bonds is 9. The van der Waals surface area contributed by atoms with E-state index in [0.717, 1.165) is 62.4 Å². The van der Waals surface area contributed by atoms with Gasteiger partial charge in [0, 0.05) is 51.6 Å². The summed E-state index contributed by atoms with van der Waals surface area (Å²) in [7, 11) is 1.77. The fourth-order valence-electron chi connectivity index (χ4n) is 2.98. The van der Waals surface area contributed by atoms with Crippen molar-refractivity contribution in [2.45, 2.75) is 19.6 Å². The second-order valence-corrected chi connectivity index (χ2v) is 6.42. The number of pyridine rings is 1. The zero-order valence-corrected chi connectivity index (χ0v) is 19.1. The minimum absolute atomic E-state index is 0. The second kappa shape index (κ2) is 13.4. The van der Waals surface area contributed by atoms with Crippen LogP contribution in [-0.4, -0.2) is 57.4 Å². The van der Waals surface area contributed by atoms with Gasteiger partial charge in [-0.3, -0.25) is 4.99 Å². The van der Waals surface area contributed by atoms with Crippen molar-refractivity contribution in [3.05, 3.63) is 48.0 Å². The largest absolute Gasteiger partial charge is 0.467 e. The highest BCUT2D eigenvalue weighted by molar-refractivity contribution is 14.0. The monoisotopic (exact) mass is 515 g/mol. The van der Waals surface area contributed by atoms with E-state index in [1.54, 1.807) is 13.3 Å². The lowest BCUT2D eigenvalue weighted by molar-refractivity contribution is 0.105. The Hall–Kier alpha value is -1.85. The fourth-order valence-corrected chi connectivity index (χ4v) is 2.98. The summed E-state index contributed by atoms with van der Waals surface area (Å²) in [6.07, 6.45) is 4.38. The molecule has 2 aromatic heterocycles. The molecule has 1 aliphatic heterocycles. The summed E-state index contributed by atoms with van der Waals surface area (Å²) >= 11 is 0. The Labute approximate surface area is 189 Å². The van der Waals surface area contributed by atoms with Gasteiger partial charge in [0.05, 0.1) is 19.5 Å². The van der Waals surface area contributed by atoms with Crippen molar-refractivity contribution < 1.29 is 13.9 Å². The van der Waals surface area contributed by atoms with Crippen LogP contribution < -0.4 is 15.5 Å². The number of aromatic nitrogens is 1. The van der Waals surface area contributed by atoms with Gasteiger partial charge in [-0.15, -0.1) is 24.0 Å². The SMILES string of the molecule is CN=C(NCCCOCc1ccco1)NCc1cccnc1N1CCOCC1.I. The van der Waals surface area contributed by atoms with Crippen molar-refractivity contribution in [2.75, 3.05) is 51.4 Å². The topological polar surface area (TPSA) is 84.2 Å². The lowest BCUT2D eigenvalue weighted by Crippen LogP contribution is -2.39. The fraction of sp³-hybridized carbons (Fsp3) is 0.500. The maximum absolute atomic E-state index is 5.59. The summed E-state index contributed by atoms with van der Waals surface area (Å²) in [6.45, 7) is 5.84. The van der Waals surface area contributed by atoms with Gasteiger partial charge in [0.1, 0.15) is 18.2 Å². The number of furan rings is 1. The first-order valence-electron chi connectivity index (χ1n) is 9.68. The molecule has 0 bridgehead atoms. The molecule has 160 valence electrons. The van der Waals surface area contributed by atoms with Crippen molar-refractivity contribution in [3.8, 4) is 0 Å². The number of hydrogen-bond donors (Lipinski definition) is 2. The number of halogens is 1. The van der Waals surface area contributed by atoms with Crippen LogP contribution in [0.2, 0.25) is 0 Å². The molecule has 1 aliphatic rings. The van der Waals surface area contributed by atoms with Gasteiger partial charge in [0.25, 0.3) is 0 Å². The number of hydrogen-bond acceptors (Lipinski definition) is 6. The van der Waals surface area contributed by atoms with E-state index in [0.29, 0.717) is 19.8 Å². The molecule has 0 aliphatic carbocycles. The maximum atomic E-state index is 5.59. The van der Waals surface area contributed by atoms with E-state index < -0.39 is 0 Å². The van der Waals surface area contributed by atoms with Crippen molar-refractivity contribution in [3.63, 3.8) is 0 Å². The van der Waals surface area contributed by atoms with Crippen LogP contribution in [0.25, 0.3) is 0 Å². The van der Waals surface area contributed by atoms with Crippen LogP contribution in [0.1, 0.15) is 17.7 Å². The number of anilines is 1. The molecule has 0 aromatic carbocycles. The Morgan fingerprint density at radius 2 is 2.10 bits per heavy atom. The molecule has 0 amide bonds. The minimum atomic E-state index is 0. The summed E-state index contributed by atoms with van der Waals surface area (Å²) in [5, 5.41) is 6.68. The van der Waals surface area contributed by atoms with E-state index in [4.69, 9.17) is 13.9 Å². The average molecular weight is 515 g/mol. The Morgan fingerprint density at radius 1 is 1.24 bits per heavy atom. The molecule has 2 aromatic rings. The van der Waals surface area contributed by atoms with Crippen LogP contribution >= 0.6 is 24.0 Å². The number of nitrogens with one attached hydrogen (secondary N) is 2. The van der Waals surface area contributed by atoms with Crippen LogP contribution in [0.15, 0.2) is 46.1 Å². The van der Waals surface area contributed by atoms with E-state index in [1.807, 2.05) is 24.4 Å². The molecular weight excluding hydrogens is 485 g/mol. The van der Waals surface area contributed by atoms with Gasteiger partial charge >= 0.3 is 0 Å². The molecule has 8 nitrogen and oxygen atoms in total. The minimum Gasteiger partial charge on any atom is -0.467 e. The van der Waals surface area contributed by atoms with E-state index in [2.05, 4.69) is 31.6 Å². The summed E-state index contributed by atoms with van der Waals surface area (Å²) in [4.78, 5) is 11.1. The molecule has 29 heavy (non-hydrogen) atoms. The zero-order chi connectivity index (χ0) is 19.4.